The summed E-state index contributed by atoms with van der Waals surface area (Å²) in [5.74, 6) is -1.84. The van der Waals surface area contributed by atoms with Gasteiger partial charge in [0.2, 0.25) is 12.2 Å². The van der Waals surface area contributed by atoms with Crippen LogP contribution in [0.5, 0.6) is 5.75 Å². The van der Waals surface area contributed by atoms with Crippen molar-refractivity contribution in [2.24, 2.45) is 0 Å². The molecular formula is C25H28F3N3O5Si. The second kappa shape index (κ2) is 11.5. The molecule has 0 aliphatic carbocycles. The fourth-order valence-electron chi connectivity index (χ4n) is 3.65. The molecule has 2 aromatic carbocycles. The second-order valence-electron chi connectivity index (χ2n) is 9.43. The van der Waals surface area contributed by atoms with Gasteiger partial charge in [0.1, 0.15) is 17.6 Å². The van der Waals surface area contributed by atoms with E-state index in [1.807, 2.05) is 24.8 Å². The number of nitrogens with zero attached hydrogens (tertiary/aromatic N) is 1. The normalized spacial score (nSPS) is 12.3. The standard InChI is InChI=1S/C25H28F3N3O5Si/c1-31(25(34)19-14-22(32)30-36-19)23(15-5-8-17(9-6-15)35-12-11-21(27)28)24(33)29-16-7-10-20(18(26)13-16)37(2,3)4/h5-10,13-14,21,23H,11-12H2,1-4H3,(H,29,33)(H,30,32). The van der Waals surface area contributed by atoms with Gasteiger partial charge in [0, 0.05) is 19.2 Å². The van der Waals surface area contributed by atoms with Crippen molar-refractivity contribution in [3.8, 4) is 5.75 Å². The first-order valence-corrected chi connectivity index (χ1v) is 14.9. The first-order chi connectivity index (χ1) is 17.4. The van der Waals surface area contributed by atoms with Crippen molar-refractivity contribution in [1.29, 1.82) is 0 Å². The fourth-order valence-corrected chi connectivity index (χ4v) is 5.03. The predicted molar refractivity (Wildman–Crippen MR) is 135 cm³/mol. The minimum Gasteiger partial charge on any atom is -0.493 e. The SMILES string of the molecule is CN(C(=O)c1cc(=O)[nH]o1)C(C(=O)Nc1ccc([Si](C)(C)C)c(F)c1)c1ccc(OCCC(F)F)cc1. The van der Waals surface area contributed by atoms with Gasteiger partial charge in [0.05, 0.1) is 20.7 Å². The van der Waals surface area contributed by atoms with E-state index in [4.69, 9.17) is 9.26 Å². The summed E-state index contributed by atoms with van der Waals surface area (Å²) in [5.41, 5.74) is -0.0666. The molecule has 3 aromatic rings. The molecule has 0 saturated carbocycles. The van der Waals surface area contributed by atoms with E-state index in [1.165, 1.54) is 37.4 Å². The molecule has 37 heavy (non-hydrogen) atoms. The van der Waals surface area contributed by atoms with Crippen LogP contribution in [0, 0.1) is 5.82 Å². The zero-order valence-corrected chi connectivity index (χ0v) is 21.8. The number of halogens is 3. The highest BCUT2D eigenvalue weighted by molar-refractivity contribution is 6.88. The summed E-state index contributed by atoms with van der Waals surface area (Å²) in [6, 6.07) is 10.2. The molecule has 0 saturated heterocycles. The topological polar surface area (TPSA) is 105 Å². The van der Waals surface area contributed by atoms with Gasteiger partial charge in [-0.1, -0.05) is 37.8 Å². The quantitative estimate of drug-likeness (QED) is 0.380. The average molecular weight is 536 g/mol. The highest BCUT2D eigenvalue weighted by atomic mass is 28.3. The van der Waals surface area contributed by atoms with E-state index >= 15 is 0 Å². The maximum atomic E-state index is 14.7. The molecule has 198 valence electrons. The van der Waals surface area contributed by atoms with E-state index < -0.39 is 50.2 Å². The summed E-state index contributed by atoms with van der Waals surface area (Å²) in [6.07, 6.45) is -2.93. The van der Waals surface area contributed by atoms with Gasteiger partial charge in [0.15, 0.2) is 0 Å². The van der Waals surface area contributed by atoms with Crippen LogP contribution in [-0.4, -0.2) is 50.0 Å². The number of amides is 2. The van der Waals surface area contributed by atoms with Crippen LogP contribution in [0.2, 0.25) is 19.6 Å². The number of nitrogens with one attached hydrogen (secondary N) is 2. The van der Waals surface area contributed by atoms with Gasteiger partial charge in [-0.05, 0) is 35.0 Å². The number of benzene rings is 2. The van der Waals surface area contributed by atoms with Crippen molar-refractivity contribution in [3.05, 3.63) is 76.0 Å². The maximum Gasteiger partial charge on any atom is 0.293 e. The molecular weight excluding hydrogens is 507 g/mol. The van der Waals surface area contributed by atoms with Gasteiger partial charge in [-0.3, -0.25) is 14.4 Å². The summed E-state index contributed by atoms with van der Waals surface area (Å²) >= 11 is 0. The third kappa shape index (κ3) is 7.12. The van der Waals surface area contributed by atoms with Gasteiger partial charge < -0.3 is 19.5 Å². The van der Waals surface area contributed by atoms with Crippen molar-refractivity contribution in [1.82, 2.24) is 10.1 Å². The number of rotatable bonds is 10. The Balaban J connectivity index is 1.89. The van der Waals surface area contributed by atoms with Gasteiger partial charge >= 0.3 is 0 Å². The van der Waals surface area contributed by atoms with Crippen LogP contribution in [0.1, 0.15) is 28.6 Å². The number of hydrogen-bond acceptors (Lipinski definition) is 5. The van der Waals surface area contributed by atoms with Crippen LogP contribution >= 0.6 is 0 Å². The Bertz CT molecular complexity index is 1300. The number of anilines is 1. The van der Waals surface area contributed by atoms with Gasteiger partial charge in [-0.2, -0.15) is 5.16 Å². The minimum absolute atomic E-state index is 0.190. The van der Waals surface area contributed by atoms with Crippen LogP contribution in [-0.2, 0) is 4.79 Å². The average Bonchev–Trinajstić information content (AvgIpc) is 3.25. The van der Waals surface area contributed by atoms with Crippen molar-refractivity contribution in [2.75, 3.05) is 19.0 Å². The lowest BCUT2D eigenvalue weighted by molar-refractivity contribution is -0.120. The van der Waals surface area contributed by atoms with Crippen LogP contribution in [0.3, 0.4) is 0 Å². The first kappa shape index (κ1) is 27.8. The molecule has 0 aliphatic heterocycles. The number of aromatic nitrogens is 1. The Kier molecular flexibility index (Phi) is 8.63. The van der Waals surface area contributed by atoms with E-state index in [0.717, 1.165) is 11.0 Å². The largest absolute Gasteiger partial charge is 0.493 e. The van der Waals surface area contributed by atoms with Crippen molar-refractivity contribution in [2.45, 2.75) is 38.5 Å². The van der Waals surface area contributed by atoms with Crippen molar-refractivity contribution >= 4 is 30.8 Å². The molecule has 1 aromatic heterocycles. The highest BCUT2D eigenvalue weighted by Crippen LogP contribution is 2.26. The zero-order chi connectivity index (χ0) is 27.3. The van der Waals surface area contributed by atoms with Crippen LogP contribution < -0.4 is 20.8 Å². The lowest BCUT2D eigenvalue weighted by atomic mass is 10.0. The molecule has 2 N–H and O–H groups in total. The predicted octanol–water partition coefficient (Wildman–Crippen LogP) is 4.14. The monoisotopic (exact) mass is 535 g/mol. The summed E-state index contributed by atoms with van der Waals surface area (Å²) < 4.78 is 49.7. The number of hydrogen-bond donors (Lipinski definition) is 2. The number of likely N-dealkylation sites (N-methyl/N-ethyl adjacent to an activating group) is 1. The van der Waals surface area contributed by atoms with Gasteiger partial charge in [-0.25, -0.2) is 13.2 Å². The van der Waals surface area contributed by atoms with E-state index in [9.17, 15) is 27.6 Å². The molecule has 0 radical (unpaired) electrons. The van der Waals surface area contributed by atoms with Crippen LogP contribution in [0.25, 0.3) is 0 Å². The number of alkyl halides is 2. The Hall–Kier alpha value is -3.80. The smallest absolute Gasteiger partial charge is 0.293 e. The van der Waals surface area contributed by atoms with Gasteiger partial charge in [-0.15, -0.1) is 0 Å². The third-order valence-corrected chi connectivity index (χ3v) is 7.56. The summed E-state index contributed by atoms with van der Waals surface area (Å²) in [4.78, 5) is 38.8. The number of carbonyl (C=O) groups is 2. The molecule has 0 spiro atoms. The molecule has 0 bridgehead atoms. The maximum absolute atomic E-state index is 14.7. The molecule has 3 rings (SSSR count). The first-order valence-electron chi connectivity index (χ1n) is 11.4. The Morgan fingerprint density at radius 2 is 1.78 bits per heavy atom. The Morgan fingerprint density at radius 3 is 2.32 bits per heavy atom. The number of ether oxygens (including phenoxy) is 1. The van der Waals surface area contributed by atoms with E-state index in [2.05, 4.69) is 5.32 Å². The zero-order valence-electron chi connectivity index (χ0n) is 20.8. The second-order valence-corrected chi connectivity index (χ2v) is 14.5. The number of H-pyrrole nitrogens is 1. The van der Waals surface area contributed by atoms with Crippen LogP contribution in [0.4, 0.5) is 18.9 Å². The summed E-state index contributed by atoms with van der Waals surface area (Å²) in [6.45, 7) is 5.81. The van der Waals surface area contributed by atoms with Crippen molar-refractivity contribution < 1.29 is 32.0 Å². The molecule has 1 heterocycles. The molecule has 0 aliphatic rings. The lowest BCUT2D eigenvalue weighted by Gasteiger charge is -2.27. The lowest BCUT2D eigenvalue weighted by Crippen LogP contribution is -2.40. The number of aromatic amines is 1. The van der Waals surface area contributed by atoms with E-state index in [-0.39, 0.29) is 18.1 Å². The number of carbonyl (C=O) groups excluding carboxylic acids is 2. The Morgan fingerprint density at radius 1 is 1.11 bits per heavy atom. The van der Waals surface area contributed by atoms with Crippen molar-refractivity contribution in [3.63, 3.8) is 0 Å². The van der Waals surface area contributed by atoms with E-state index in [0.29, 0.717) is 16.5 Å². The molecule has 2 amide bonds. The summed E-state index contributed by atoms with van der Waals surface area (Å²) in [7, 11) is -0.589. The molecule has 8 nitrogen and oxygen atoms in total. The van der Waals surface area contributed by atoms with Gasteiger partial charge in [0.25, 0.3) is 17.4 Å². The molecule has 0 fully saturated rings. The van der Waals surface area contributed by atoms with Crippen LogP contribution in [0.15, 0.2) is 57.8 Å². The third-order valence-electron chi connectivity index (χ3n) is 5.54. The molecule has 12 heteroatoms. The minimum atomic E-state index is -2.50. The highest BCUT2D eigenvalue weighted by Gasteiger charge is 2.31. The fraction of sp³-hybridized carbons (Fsp3) is 0.320. The molecule has 1 unspecified atom stereocenters. The Labute approximate surface area is 212 Å². The summed E-state index contributed by atoms with van der Waals surface area (Å²) in [5, 5.41) is 5.28. The molecule has 1 atom stereocenters. The van der Waals surface area contributed by atoms with E-state index in [1.54, 1.807) is 12.1 Å².